The van der Waals surface area contributed by atoms with Gasteiger partial charge in [-0.1, -0.05) is 18.2 Å². The third-order valence-corrected chi connectivity index (χ3v) is 6.25. The molecular weight excluding hydrogens is 473 g/mol. The highest BCUT2D eigenvalue weighted by Gasteiger charge is 2.41. The number of aliphatic hydroxyl groups is 1. The number of ether oxygens (including phenoxy) is 1. The quantitative estimate of drug-likeness (QED) is 0.210. The summed E-state index contributed by atoms with van der Waals surface area (Å²) in [4.78, 5) is 5.26. The number of rotatable bonds is 9. The van der Waals surface area contributed by atoms with Crippen molar-refractivity contribution in [2.24, 2.45) is 10.4 Å². The highest BCUT2D eigenvalue weighted by molar-refractivity contribution is 14.0. The number of aliphatic imine (C=N–C) groups is 1. The summed E-state index contributed by atoms with van der Waals surface area (Å²) in [5, 5.41) is 18.3. The Morgan fingerprint density at radius 3 is 2.78 bits per heavy atom. The van der Waals surface area contributed by atoms with Crippen LogP contribution in [-0.2, 0) is 4.74 Å². The van der Waals surface area contributed by atoms with E-state index in [-0.39, 0.29) is 24.0 Å². The normalized spacial score (nSPS) is 16.6. The molecule has 150 valence electrons. The molecule has 1 saturated carbocycles. The van der Waals surface area contributed by atoms with Gasteiger partial charge in [0.2, 0.25) is 0 Å². The molecule has 1 aromatic heterocycles. The summed E-state index contributed by atoms with van der Waals surface area (Å²) in [5.41, 5.74) is 0.358. The Balaban J connectivity index is 0.00000261. The van der Waals surface area contributed by atoms with Crippen LogP contribution in [0, 0.1) is 5.41 Å². The van der Waals surface area contributed by atoms with Crippen LogP contribution >= 0.6 is 35.3 Å². The first-order valence-corrected chi connectivity index (χ1v) is 10.2. The number of nitrogens with zero attached hydrogens (tertiary/aromatic N) is 1. The molecule has 0 amide bonds. The summed E-state index contributed by atoms with van der Waals surface area (Å²) >= 11 is 1.64. The average Bonchev–Trinajstić information content (AvgIpc) is 3.29. The summed E-state index contributed by atoms with van der Waals surface area (Å²) in [7, 11) is 1.76. The first-order valence-electron chi connectivity index (χ1n) is 9.34. The van der Waals surface area contributed by atoms with Crippen molar-refractivity contribution in [1.29, 1.82) is 0 Å². The molecular formula is C20H30IN3O2S. The van der Waals surface area contributed by atoms with Crippen molar-refractivity contribution in [3.8, 4) is 0 Å². The Kier molecular flexibility index (Phi) is 8.78. The molecule has 0 saturated heterocycles. The van der Waals surface area contributed by atoms with Gasteiger partial charge in [0.25, 0.3) is 0 Å². The summed E-state index contributed by atoms with van der Waals surface area (Å²) in [6.45, 7) is 4.99. The van der Waals surface area contributed by atoms with Crippen molar-refractivity contribution < 1.29 is 9.84 Å². The minimum absolute atomic E-state index is 0. The van der Waals surface area contributed by atoms with Crippen LogP contribution in [0.1, 0.15) is 37.2 Å². The van der Waals surface area contributed by atoms with Crippen molar-refractivity contribution in [2.45, 2.75) is 32.3 Å². The monoisotopic (exact) mass is 503 g/mol. The largest absolute Gasteiger partial charge is 0.386 e. The molecule has 0 aliphatic heterocycles. The molecule has 1 heterocycles. The molecule has 7 heteroatoms. The lowest BCUT2D eigenvalue weighted by Crippen LogP contribution is -2.42. The Bertz CT molecular complexity index is 713. The van der Waals surface area contributed by atoms with Crippen LogP contribution < -0.4 is 10.6 Å². The van der Waals surface area contributed by atoms with Crippen LogP contribution in [0.4, 0.5) is 0 Å². The molecule has 2 aromatic rings. The minimum atomic E-state index is -0.543. The zero-order valence-corrected chi connectivity index (χ0v) is 19.2. The SMILES string of the molecule is CCOCCC1(CNC(=NC)NCC(O)c2cc3ccccc3s2)CC1.I. The zero-order chi connectivity index (χ0) is 18.4. The Morgan fingerprint density at radius 2 is 2.11 bits per heavy atom. The molecule has 0 bridgehead atoms. The maximum Gasteiger partial charge on any atom is 0.191 e. The predicted molar refractivity (Wildman–Crippen MR) is 124 cm³/mol. The van der Waals surface area contributed by atoms with Crippen LogP contribution in [-0.4, -0.2) is 44.4 Å². The fourth-order valence-corrected chi connectivity index (χ4v) is 4.13. The number of hydrogen-bond acceptors (Lipinski definition) is 4. The molecule has 5 nitrogen and oxygen atoms in total. The van der Waals surface area contributed by atoms with E-state index >= 15 is 0 Å². The second-order valence-corrected chi connectivity index (χ2v) is 8.07. The second-order valence-electron chi connectivity index (χ2n) is 6.96. The van der Waals surface area contributed by atoms with Crippen molar-refractivity contribution >= 4 is 51.4 Å². The van der Waals surface area contributed by atoms with Gasteiger partial charge < -0.3 is 20.5 Å². The summed E-state index contributed by atoms with van der Waals surface area (Å²) in [6, 6.07) is 10.3. The van der Waals surface area contributed by atoms with E-state index in [1.807, 2.05) is 19.1 Å². The highest BCUT2D eigenvalue weighted by atomic mass is 127. The lowest BCUT2D eigenvalue weighted by molar-refractivity contribution is 0.128. The topological polar surface area (TPSA) is 65.9 Å². The van der Waals surface area contributed by atoms with Gasteiger partial charge in [0.15, 0.2) is 5.96 Å². The standard InChI is InChI=1S/C20H29N3O2S.HI/c1-3-25-11-10-20(8-9-20)14-23-19(21-2)22-13-16(24)18-12-15-6-4-5-7-17(15)26-18;/h4-7,12,16,24H,3,8-11,13-14H2,1-2H3,(H2,21,22,23);1H. The van der Waals surface area contributed by atoms with Gasteiger partial charge in [0.1, 0.15) is 6.10 Å². The van der Waals surface area contributed by atoms with Crippen molar-refractivity contribution in [3.05, 3.63) is 35.2 Å². The number of aliphatic hydroxyl groups excluding tert-OH is 1. The minimum Gasteiger partial charge on any atom is -0.386 e. The van der Waals surface area contributed by atoms with Crippen molar-refractivity contribution in [2.75, 3.05) is 33.4 Å². The third-order valence-electron chi connectivity index (χ3n) is 5.03. The number of benzene rings is 1. The van der Waals surface area contributed by atoms with E-state index in [1.54, 1.807) is 18.4 Å². The second kappa shape index (κ2) is 10.6. The average molecular weight is 503 g/mol. The number of thiophene rings is 1. The number of halogens is 1. The van der Waals surface area contributed by atoms with Crippen LogP contribution in [0.25, 0.3) is 10.1 Å². The smallest absolute Gasteiger partial charge is 0.191 e. The van der Waals surface area contributed by atoms with Crippen LogP contribution in [0.5, 0.6) is 0 Å². The highest BCUT2D eigenvalue weighted by Crippen LogP contribution is 2.48. The number of hydrogen-bond donors (Lipinski definition) is 3. The molecule has 1 aliphatic carbocycles. The molecule has 0 radical (unpaired) electrons. The first-order chi connectivity index (χ1) is 12.7. The number of nitrogens with one attached hydrogen (secondary N) is 2. The van der Waals surface area contributed by atoms with Gasteiger partial charge in [-0.2, -0.15) is 0 Å². The molecule has 1 fully saturated rings. The van der Waals surface area contributed by atoms with Gasteiger partial charge in [0.05, 0.1) is 0 Å². The van der Waals surface area contributed by atoms with Gasteiger partial charge in [-0.05, 0) is 49.1 Å². The zero-order valence-electron chi connectivity index (χ0n) is 16.0. The Morgan fingerprint density at radius 1 is 1.33 bits per heavy atom. The van der Waals surface area contributed by atoms with Crippen LogP contribution in [0.2, 0.25) is 0 Å². The van der Waals surface area contributed by atoms with Crippen molar-refractivity contribution in [3.63, 3.8) is 0 Å². The molecule has 3 N–H and O–H groups in total. The van der Waals surface area contributed by atoms with E-state index in [9.17, 15) is 5.11 Å². The van der Waals surface area contributed by atoms with Gasteiger partial charge in [0, 0.05) is 42.9 Å². The van der Waals surface area contributed by atoms with Gasteiger partial charge in [-0.15, -0.1) is 35.3 Å². The molecule has 0 spiro atoms. The summed E-state index contributed by atoms with van der Waals surface area (Å²) in [6.07, 6.45) is 3.04. The number of guanidine groups is 1. The van der Waals surface area contributed by atoms with E-state index in [0.717, 1.165) is 37.0 Å². The Hall–Kier alpha value is -0.900. The molecule has 1 aliphatic rings. The van der Waals surface area contributed by atoms with E-state index in [0.29, 0.717) is 12.0 Å². The fourth-order valence-electron chi connectivity index (χ4n) is 3.08. The van der Waals surface area contributed by atoms with E-state index in [2.05, 4.69) is 33.8 Å². The maximum atomic E-state index is 10.5. The summed E-state index contributed by atoms with van der Waals surface area (Å²) < 4.78 is 6.69. The maximum absolute atomic E-state index is 10.5. The van der Waals surface area contributed by atoms with E-state index in [1.165, 1.54) is 22.9 Å². The fraction of sp³-hybridized carbons (Fsp3) is 0.550. The van der Waals surface area contributed by atoms with Gasteiger partial charge in [-0.3, -0.25) is 4.99 Å². The molecule has 27 heavy (non-hydrogen) atoms. The van der Waals surface area contributed by atoms with E-state index < -0.39 is 6.10 Å². The van der Waals surface area contributed by atoms with Crippen molar-refractivity contribution in [1.82, 2.24) is 10.6 Å². The molecule has 1 atom stereocenters. The molecule has 1 aromatic carbocycles. The lowest BCUT2D eigenvalue weighted by atomic mass is 10.0. The number of fused-ring (bicyclic) bond motifs is 1. The van der Waals surface area contributed by atoms with Gasteiger partial charge >= 0.3 is 0 Å². The third kappa shape index (κ3) is 6.30. The summed E-state index contributed by atoms with van der Waals surface area (Å²) in [5.74, 6) is 0.743. The van der Waals surface area contributed by atoms with Crippen LogP contribution in [0.15, 0.2) is 35.3 Å². The molecule has 3 rings (SSSR count). The lowest BCUT2D eigenvalue weighted by Gasteiger charge is -2.19. The molecule has 1 unspecified atom stereocenters. The Labute approximate surface area is 182 Å². The first kappa shape index (κ1) is 22.4. The van der Waals surface area contributed by atoms with E-state index in [4.69, 9.17) is 4.74 Å². The predicted octanol–water partition coefficient (Wildman–Crippen LogP) is 3.92. The van der Waals surface area contributed by atoms with Gasteiger partial charge in [-0.25, -0.2) is 0 Å². The van der Waals surface area contributed by atoms with Crippen LogP contribution in [0.3, 0.4) is 0 Å².